The lowest BCUT2D eigenvalue weighted by Gasteiger charge is -2.38. The minimum Gasteiger partial charge on any atom is -0.497 e. The van der Waals surface area contributed by atoms with Crippen molar-refractivity contribution in [2.75, 3.05) is 7.11 Å². The summed E-state index contributed by atoms with van der Waals surface area (Å²) in [5, 5.41) is 0. The first-order chi connectivity index (χ1) is 12.1. The second kappa shape index (κ2) is 6.55. The van der Waals surface area contributed by atoms with Gasteiger partial charge in [-0.2, -0.15) is 0 Å². The normalized spacial score (nSPS) is 18.7. The van der Waals surface area contributed by atoms with Gasteiger partial charge >= 0.3 is 0 Å². The lowest BCUT2D eigenvalue weighted by Crippen LogP contribution is -2.41. The second-order valence-corrected chi connectivity index (χ2v) is 8.74. The molecule has 0 bridgehead atoms. The van der Waals surface area contributed by atoms with Gasteiger partial charge in [-0.25, -0.2) is 17.5 Å². The maximum atomic E-state index is 13.3. The summed E-state index contributed by atoms with van der Waals surface area (Å²) in [6.07, 6.45) is 0.464. The number of ether oxygens (including phenoxy) is 2. The van der Waals surface area contributed by atoms with Gasteiger partial charge in [0, 0.05) is 18.1 Å². The third-order valence-electron chi connectivity index (χ3n) is 4.40. The molecule has 140 valence electrons. The Bertz CT molecular complexity index is 941. The highest BCUT2D eigenvalue weighted by molar-refractivity contribution is 7.89. The fourth-order valence-corrected chi connectivity index (χ4v) is 4.67. The topological polar surface area (TPSA) is 64.6 Å². The zero-order chi connectivity index (χ0) is 19.1. The van der Waals surface area contributed by atoms with Crippen LogP contribution in [0, 0.1) is 12.7 Å². The maximum absolute atomic E-state index is 13.3. The lowest BCUT2D eigenvalue weighted by molar-refractivity contribution is 0.0699. The van der Waals surface area contributed by atoms with Crippen molar-refractivity contribution < 1.29 is 22.3 Å². The van der Waals surface area contributed by atoms with Crippen LogP contribution < -0.4 is 14.2 Å². The van der Waals surface area contributed by atoms with Crippen LogP contribution in [0.5, 0.6) is 11.5 Å². The summed E-state index contributed by atoms with van der Waals surface area (Å²) in [6, 6.07) is 8.50. The summed E-state index contributed by atoms with van der Waals surface area (Å²) in [6.45, 7) is 5.38. The number of hydrogen-bond donors (Lipinski definition) is 1. The fraction of sp³-hybridized carbons (Fsp3) is 0.368. The molecule has 2 aromatic carbocycles. The highest BCUT2D eigenvalue weighted by atomic mass is 32.2. The van der Waals surface area contributed by atoms with E-state index < -0.39 is 27.5 Å². The molecule has 0 aromatic heterocycles. The fourth-order valence-electron chi connectivity index (χ4n) is 3.23. The Balaban J connectivity index is 1.99. The van der Waals surface area contributed by atoms with E-state index in [1.54, 1.807) is 32.2 Å². The van der Waals surface area contributed by atoms with Gasteiger partial charge < -0.3 is 9.47 Å². The first kappa shape index (κ1) is 18.7. The summed E-state index contributed by atoms with van der Waals surface area (Å²) in [5.41, 5.74) is 0.553. The number of fused-ring (bicyclic) bond motifs is 1. The first-order valence-corrected chi connectivity index (χ1v) is 9.75. The van der Waals surface area contributed by atoms with Crippen molar-refractivity contribution in [3.8, 4) is 11.5 Å². The smallest absolute Gasteiger partial charge is 0.241 e. The van der Waals surface area contributed by atoms with E-state index in [0.29, 0.717) is 23.5 Å². The van der Waals surface area contributed by atoms with Crippen LogP contribution in [0.15, 0.2) is 41.3 Å². The van der Waals surface area contributed by atoms with Gasteiger partial charge in [0.05, 0.1) is 18.0 Å². The number of hydrogen-bond acceptors (Lipinski definition) is 4. The van der Waals surface area contributed by atoms with Crippen molar-refractivity contribution >= 4 is 10.0 Å². The molecule has 0 unspecified atom stereocenters. The van der Waals surface area contributed by atoms with Crippen molar-refractivity contribution in [3.63, 3.8) is 0 Å². The van der Waals surface area contributed by atoms with Crippen molar-refractivity contribution in [3.05, 3.63) is 53.3 Å². The average Bonchev–Trinajstić information content (AvgIpc) is 2.52. The molecule has 3 rings (SSSR count). The summed E-state index contributed by atoms with van der Waals surface area (Å²) in [7, 11) is -2.26. The lowest BCUT2D eigenvalue weighted by atomic mass is 9.90. The van der Waals surface area contributed by atoms with Crippen LogP contribution in [0.4, 0.5) is 4.39 Å². The maximum Gasteiger partial charge on any atom is 0.241 e. The monoisotopic (exact) mass is 379 g/mol. The number of rotatable bonds is 4. The summed E-state index contributed by atoms with van der Waals surface area (Å²) >= 11 is 0. The summed E-state index contributed by atoms with van der Waals surface area (Å²) in [5.74, 6) is 0.757. The number of methoxy groups -OCH3 is 1. The van der Waals surface area contributed by atoms with Crippen molar-refractivity contribution in [2.45, 2.75) is 43.7 Å². The van der Waals surface area contributed by atoms with E-state index in [2.05, 4.69) is 4.72 Å². The van der Waals surface area contributed by atoms with Crippen LogP contribution in [0.2, 0.25) is 0 Å². The molecule has 0 fully saturated rings. The first-order valence-electron chi connectivity index (χ1n) is 8.27. The Morgan fingerprint density at radius 2 is 1.96 bits per heavy atom. The number of nitrogens with one attached hydrogen (secondary N) is 1. The molecule has 5 nitrogen and oxygen atoms in total. The summed E-state index contributed by atoms with van der Waals surface area (Å²) < 4.78 is 53.0. The van der Waals surface area contributed by atoms with Gasteiger partial charge in [-0.3, -0.25) is 0 Å². The predicted octanol–water partition coefficient (Wildman–Crippen LogP) is 3.72. The molecule has 0 amide bonds. The van der Waals surface area contributed by atoms with Gasteiger partial charge in [0.25, 0.3) is 0 Å². The van der Waals surface area contributed by atoms with Crippen molar-refractivity contribution in [1.82, 2.24) is 4.72 Å². The molecule has 0 saturated heterocycles. The molecule has 0 saturated carbocycles. The van der Waals surface area contributed by atoms with Gasteiger partial charge in [0.1, 0.15) is 22.9 Å². The third-order valence-corrected chi connectivity index (χ3v) is 6.03. The quantitative estimate of drug-likeness (QED) is 0.879. The predicted molar refractivity (Wildman–Crippen MR) is 96.5 cm³/mol. The van der Waals surface area contributed by atoms with Gasteiger partial charge in [-0.15, -0.1) is 0 Å². The van der Waals surface area contributed by atoms with E-state index in [-0.39, 0.29) is 4.90 Å². The van der Waals surface area contributed by atoms with E-state index in [1.165, 1.54) is 12.1 Å². The minimum absolute atomic E-state index is 0.0678. The Morgan fingerprint density at radius 3 is 2.62 bits per heavy atom. The number of halogens is 1. The molecule has 1 N–H and O–H groups in total. The molecule has 26 heavy (non-hydrogen) atoms. The van der Waals surface area contributed by atoms with E-state index in [9.17, 15) is 12.8 Å². The van der Waals surface area contributed by atoms with Gasteiger partial charge in [0.15, 0.2) is 0 Å². The Hall–Kier alpha value is -2.12. The van der Waals surface area contributed by atoms with Crippen LogP contribution in [0.3, 0.4) is 0 Å². The van der Waals surface area contributed by atoms with E-state index in [0.717, 1.165) is 11.6 Å². The molecule has 0 aliphatic carbocycles. The molecule has 2 aromatic rings. The molecular formula is C19H22FNO4S. The van der Waals surface area contributed by atoms with Crippen molar-refractivity contribution in [1.29, 1.82) is 0 Å². The van der Waals surface area contributed by atoms with Crippen LogP contribution in [-0.2, 0) is 10.0 Å². The number of aryl methyl sites for hydroxylation is 1. The van der Waals surface area contributed by atoms with Crippen LogP contribution in [-0.4, -0.2) is 21.1 Å². The van der Waals surface area contributed by atoms with Crippen LogP contribution in [0.25, 0.3) is 0 Å². The molecule has 1 heterocycles. The van der Waals surface area contributed by atoms with E-state index in [1.807, 2.05) is 13.8 Å². The molecule has 0 radical (unpaired) electrons. The average molecular weight is 379 g/mol. The second-order valence-electron chi connectivity index (χ2n) is 7.05. The molecule has 7 heteroatoms. The highest BCUT2D eigenvalue weighted by Crippen LogP contribution is 2.41. The Labute approximate surface area is 153 Å². The molecule has 0 spiro atoms. The van der Waals surface area contributed by atoms with Crippen LogP contribution in [0.1, 0.15) is 37.4 Å². The molecule has 1 aliphatic rings. The van der Waals surface area contributed by atoms with Gasteiger partial charge in [0.2, 0.25) is 10.0 Å². The minimum atomic E-state index is -3.82. The van der Waals surface area contributed by atoms with Crippen molar-refractivity contribution in [2.24, 2.45) is 0 Å². The summed E-state index contributed by atoms with van der Waals surface area (Å²) in [4.78, 5) is 0.0678. The van der Waals surface area contributed by atoms with E-state index >= 15 is 0 Å². The largest absolute Gasteiger partial charge is 0.497 e. The zero-order valence-electron chi connectivity index (χ0n) is 15.2. The highest BCUT2D eigenvalue weighted by Gasteiger charge is 2.36. The van der Waals surface area contributed by atoms with Crippen LogP contribution >= 0.6 is 0 Å². The SMILES string of the molecule is COc1ccc2c(c1)OC(C)(C)C[C@H]2NS(=O)(=O)c1ccc(F)cc1C. The van der Waals surface area contributed by atoms with E-state index in [4.69, 9.17) is 9.47 Å². The number of benzene rings is 2. The third kappa shape index (κ3) is 3.68. The standard InChI is InChI=1S/C19H22FNO4S/c1-12-9-13(20)5-8-18(12)26(22,23)21-16-11-19(2,3)25-17-10-14(24-4)6-7-15(16)17/h5-10,16,21H,11H2,1-4H3/t16-/m1/s1. The Morgan fingerprint density at radius 1 is 1.23 bits per heavy atom. The van der Waals surface area contributed by atoms with Gasteiger partial charge in [-0.05, 0) is 50.6 Å². The molecular weight excluding hydrogens is 357 g/mol. The zero-order valence-corrected chi connectivity index (χ0v) is 16.0. The molecule has 1 atom stereocenters. The Kier molecular flexibility index (Phi) is 4.71. The molecule has 1 aliphatic heterocycles. The number of sulfonamides is 1. The van der Waals surface area contributed by atoms with Gasteiger partial charge in [-0.1, -0.05) is 6.07 Å².